The molecular formula is C21H28IN5O2S. The Hall–Kier alpha value is -2.14. The van der Waals surface area contributed by atoms with Crippen LogP contribution in [0.4, 0.5) is 0 Å². The van der Waals surface area contributed by atoms with Crippen LogP contribution in [-0.4, -0.2) is 30.3 Å². The molecule has 0 fully saturated rings. The highest BCUT2D eigenvalue weighted by Gasteiger charge is 2.14. The number of hydrogen-bond donors (Lipinski definition) is 2. The van der Waals surface area contributed by atoms with Crippen molar-refractivity contribution in [3.05, 3.63) is 52.4 Å². The van der Waals surface area contributed by atoms with Gasteiger partial charge in [0, 0.05) is 36.5 Å². The topological polar surface area (TPSA) is 84.6 Å². The van der Waals surface area contributed by atoms with E-state index in [0.29, 0.717) is 19.0 Å². The molecule has 0 bridgehead atoms. The van der Waals surface area contributed by atoms with Crippen LogP contribution < -0.4 is 15.4 Å². The average molecular weight is 541 g/mol. The molecule has 3 aromatic rings. The molecule has 9 heteroatoms. The Balaban J connectivity index is 0.00000320. The molecule has 3 rings (SSSR count). The third kappa shape index (κ3) is 5.94. The monoisotopic (exact) mass is 541 g/mol. The molecule has 30 heavy (non-hydrogen) atoms. The maximum atomic E-state index is 5.42. The molecule has 0 aliphatic carbocycles. The molecule has 0 saturated carbocycles. The summed E-state index contributed by atoms with van der Waals surface area (Å²) in [5.74, 6) is 2.48. The van der Waals surface area contributed by atoms with Crippen LogP contribution in [0.5, 0.6) is 5.75 Å². The molecule has 0 spiro atoms. The van der Waals surface area contributed by atoms with Gasteiger partial charge in [-0.15, -0.1) is 35.3 Å². The van der Waals surface area contributed by atoms with Gasteiger partial charge < -0.3 is 19.9 Å². The number of halogens is 1. The van der Waals surface area contributed by atoms with Gasteiger partial charge in [0.25, 0.3) is 0 Å². The van der Waals surface area contributed by atoms with Crippen molar-refractivity contribution in [2.75, 3.05) is 14.2 Å². The van der Waals surface area contributed by atoms with Gasteiger partial charge in [0.1, 0.15) is 16.5 Å². The maximum Gasteiger partial charge on any atom is 0.191 e. The fourth-order valence-corrected chi connectivity index (χ4v) is 3.78. The van der Waals surface area contributed by atoms with E-state index in [1.54, 1.807) is 25.5 Å². The van der Waals surface area contributed by atoms with Gasteiger partial charge in [0.05, 0.1) is 25.0 Å². The van der Waals surface area contributed by atoms with Crippen LogP contribution in [0, 0.1) is 0 Å². The van der Waals surface area contributed by atoms with Crippen molar-refractivity contribution in [1.29, 1.82) is 0 Å². The molecular weight excluding hydrogens is 513 g/mol. The lowest BCUT2D eigenvalue weighted by atomic mass is 10.1. The first-order valence-corrected chi connectivity index (χ1v) is 10.6. The zero-order valence-corrected chi connectivity index (χ0v) is 20.8. The summed E-state index contributed by atoms with van der Waals surface area (Å²) in [5.41, 5.74) is 4.16. The van der Waals surface area contributed by atoms with Crippen molar-refractivity contribution >= 4 is 41.3 Å². The summed E-state index contributed by atoms with van der Waals surface area (Å²) in [6, 6.07) is 7.93. The molecule has 162 valence electrons. The van der Waals surface area contributed by atoms with E-state index in [9.17, 15) is 0 Å². The Bertz CT molecular complexity index is 931. The van der Waals surface area contributed by atoms with E-state index in [0.717, 1.165) is 51.9 Å². The highest BCUT2D eigenvalue weighted by atomic mass is 127. The number of aromatic nitrogens is 2. The average Bonchev–Trinajstić information content (AvgIpc) is 3.40. The van der Waals surface area contributed by atoms with Gasteiger partial charge in [-0.2, -0.15) is 0 Å². The molecule has 0 atom stereocenters. The van der Waals surface area contributed by atoms with Gasteiger partial charge in [0.15, 0.2) is 5.96 Å². The van der Waals surface area contributed by atoms with Crippen LogP contribution in [0.2, 0.25) is 0 Å². The molecule has 0 aliphatic rings. The van der Waals surface area contributed by atoms with E-state index in [4.69, 9.17) is 14.2 Å². The molecule has 0 radical (unpaired) electrons. The highest BCUT2D eigenvalue weighted by Crippen LogP contribution is 2.25. The largest absolute Gasteiger partial charge is 0.497 e. The number of aryl methyl sites for hydroxylation is 2. The van der Waals surface area contributed by atoms with Gasteiger partial charge in [-0.25, -0.2) is 4.98 Å². The van der Waals surface area contributed by atoms with Crippen molar-refractivity contribution in [3.63, 3.8) is 0 Å². The predicted octanol–water partition coefficient (Wildman–Crippen LogP) is 4.41. The third-order valence-electron chi connectivity index (χ3n) is 4.59. The van der Waals surface area contributed by atoms with Gasteiger partial charge >= 0.3 is 0 Å². The number of rotatable bonds is 8. The molecule has 0 amide bonds. The third-order valence-corrected chi connectivity index (χ3v) is 5.53. The van der Waals surface area contributed by atoms with E-state index in [1.165, 1.54) is 0 Å². The number of guanidine groups is 1. The number of methoxy groups -OCH3 is 1. The van der Waals surface area contributed by atoms with E-state index in [2.05, 4.69) is 40.0 Å². The minimum atomic E-state index is 0. The normalized spacial score (nSPS) is 11.1. The maximum absolute atomic E-state index is 5.42. The second-order valence-electron chi connectivity index (χ2n) is 6.39. The number of benzene rings is 1. The van der Waals surface area contributed by atoms with Crippen molar-refractivity contribution in [3.8, 4) is 16.3 Å². The van der Waals surface area contributed by atoms with E-state index in [-0.39, 0.29) is 24.0 Å². The molecule has 7 nitrogen and oxygen atoms in total. The number of ether oxygens (including phenoxy) is 1. The fourth-order valence-electron chi connectivity index (χ4n) is 2.96. The summed E-state index contributed by atoms with van der Waals surface area (Å²) in [5, 5.41) is 13.9. The Morgan fingerprint density at radius 2 is 1.87 bits per heavy atom. The van der Waals surface area contributed by atoms with Gasteiger partial charge in [-0.1, -0.05) is 19.0 Å². The SMILES string of the molecule is CCc1noc(CC)c1CNC(=NC)NCc1csc(-c2ccc(OC)cc2)n1.I. The Morgan fingerprint density at radius 3 is 2.50 bits per heavy atom. The fraction of sp³-hybridized carbons (Fsp3) is 0.381. The number of nitrogens with zero attached hydrogens (tertiary/aromatic N) is 3. The molecule has 0 unspecified atom stereocenters. The minimum Gasteiger partial charge on any atom is -0.497 e. The first-order valence-electron chi connectivity index (χ1n) is 9.68. The van der Waals surface area contributed by atoms with Crippen molar-refractivity contribution in [2.24, 2.45) is 4.99 Å². The first kappa shape index (κ1) is 24.1. The lowest BCUT2D eigenvalue weighted by molar-refractivity contribution is 0.380. The van der Waals surface area contributed by atoms with Crippen LogP contribution in [0.3, 0.4) is 0 Å². The van der Waals surface area contributed by atoms with Gasteiger partial charge in [-0.05, 0) is 30.7 Å². The van der Waals surface area contributed by atoms with E-state index >= 15 is 0 Å². The summed E-state index contributed by atoms with van der Waals surface area (Å²) >= 11 is 1.62. The second kappa shape index (κ2) is 11.9. The zero-order valence-electron chi connectivity index (χ0n) is 17.7. The van der Waals surface area contributed by atoms with E-state index < -0.39 is 0 Å². The highest BCUT2D eigenvalue weighted by molar-refractivity contribution is 14.0. The minimum absolute atomic E-state index is 0. The second-order valence-corrected chi connectivity index (χ2v) is 7.25. The van der Waals surface area contributed by atoms with Crippen LogP contribution in [0.1, 0.15) is 36.6 Å². The summed E-state index contributed by atoms with van der Waals surface area (Å²) in [6.45, 7) is 5.37. The van der Waals surface area contributed by atoms with Crippen molar-refractivity contribution in [2.45, 2.75) is 39.8 Å². The standard InChI is InChI=1S/C21H27N5O2S.HI/c1-5-18-17(19(6-2)28-26-18)12-24-21(22-3)23-11-15-13-29-20(25-15)14-7-9-16(27-4)10-8-14;/h7-10,13H,5-6,11-12H2,1-4H3,(H2,22,23,24);1H. The van der Waals surface area contributed by atoms with Gasteiger partial charge in [-0.3, -0.25) is 4.99 Å². The quantitative estimate of drug-likeness (QED) is 0.250. The summed E-state index contributed by atoms with van der Waals surface area (Å²) < 4.78 is 10.6. The molecule has 2 heterocycles. The Kier molecular flexibility index (Phi) is 9.57. The van der Waals surface area contributed by atoms with Crippen LogP contribution >= 0.6 is 35.3 Å². The smallest absolute Gasteiger partial charge is 0.191 e. The number of thiazole rings is 1. The summed E-state index contributed by atoms with van der Waals surface area (Å²) in [4.78, 5) is 9.02. The summed E-state index contributed by atoms with van der Waals surface area (Å²) in [7, 11) is 3.42. The molecule has 0 saturated heterocycles. The van der Waals surface area contributed by atoms with Crippen LogP contribution in [0.15, 0.2) is 39.2 Å². The predicted molar refractivity (Wildman–Crippen MR) is 132 cm³/mol. The Morgan fingerprint density at radius 1 is 1.13 bits per heavy atom. The summed E-state index contributed by atoms with van der Waals surface area (Å²) in [6.07, 6.45) is 1.67. The zero-order chi connectivity index (χ0) is 20.6. The number of aliphatic imine (C=N–C) groups is 1. The number of hydrogen-bond acceptors (Lipinski definition) is 6. The first-order chi connectivity index (χ1) is 14.2. The van der Waals surface area contributed by atoms with Crippen LogP contribution in [-0.2, 0) is 25.9 Å². The van der Waals surface area contributed by atoms with E-state index in [1.807, 2.05) is 24.3 Å². The molecule has 0 aliphatic heterocycles. The molecule has 1 aromatic carbocycles. The molecule has 2 N–H and O–H groups in total. The Labute approximate surface area is 198 Å². The molecule has 2 aromatic heterocycles. The lowest BCUT2D eigenvalue weighted by Crippen LogP contribution is -2.36. The lowest BCUT2D eigenvalue weighted by Gasteiger charge is -2.11. The van der Waals surface area contributed by atoms with Crippen molar-refractivity contribution in [1.82, 2.24) is 20.8 Å². The van der Waals surface area contributed by atoms with Gasteiger partial charge in [0.2, 0.25) is 0 Å². The van der Waals surface area contributed by atoms with Crippen molar-refractivity contribution < 1.29 is 9.26 Å². The number of nitrogens with one attached hydrogen (secondary N) is 2. The van der Waals surface area contributed by atoms with Crippen LogP contribution in [0.25, 0.3) is 10.6 Å².